The predicted octanol–water partition coefficient (Wildman–Crippen LogP) is 5.91. The number of unbranched alkanes of at least 4 members (excludes halogenated alkanes) is 4. The Morgan fingerprint density at radius 3 is 2.07 bits per heavy atom. The van der Waals surface area contributed by atoms with Crippen LogP contribution in [0.25, 0.3) is 22.5 Å². The van der Waals surface area contributed by atoms with Gasteiger partial charge in [0.1, 0.15) is 17.8 Å². The summed E-state index contributed by atoms with van der Waals surface area (Å²) in [4.78, 5) is 60.9. The first-order valence-electron chi connectivity index (χ1n) is 19.0. The number of aromatic amines is 1. The molecule has 2 heterocycles. The van der Waals surface area contributed by atoms with Crippen molar-refractivity contribution >= 4 is 29.6 Å². The summed E-state index contributed by atoms with van der Waals surface area (Å²) in [6.45, 7) is 9.08. The highest BCUT2D eigenvalue weighted by molar-refractivity contribution is 5.99. The van der Waals surface area contributed by atoms with Crippen molar-refractivity contribution in [3.63, 3.8) is 0 Å². The zero-order valence-electron chi connectivity index (χ0n) is 32.6. The number of aliphatic carboxylic acids is 1. The van der Waals surface area contributed by atoms with Gasteiger partial charge in [-0.2, -0.15) is 5.21 Å². The van der Waals surface area contributed by atoms with Gasteiger partial charge in [0.2, 0.25) is 11.8 Å². The largest absolute Gasteiger partial charge is 0.494 e. The molecular weight excluding hydrogens is 727 g/mol. The van der Waals surface area contributed by atoms with Crippen LogP contribution in [-0.4, -0.2) is 78.1 Å². The Bertz CT molecular complexity index is 2070. The number of benzene rings is 3. The monoisotopic (exact) mass is 775 g/mol. The zero-order valence-corrected chi connectivity index (χ0v) is 32.6. The number of H-pyrrole nitrogens is 1. The average molecular weight is 776 g/mol. The Hall–Kier alpha value is -6.51. The highest BCUT2D eigenvalue weighted by Crippen LogP contribution is 2.25. The summed E-state index contributed by atoms with van der Waals surface area (Å²) in [7, 11) is 0. The lowest BCUT2D eigenvalue weighted by atomic mass is 9.86. The normalized spacial score (nSPS) is 12.3. The molecule has 2 atom stereocenters. The molecule has 57 heavy (non-hydrogen) atoms. The van der Waals surface area contributed by atoms with E-state index in [-0.39, 0.29) is 17.8 Å². The Morgan fingerprint density at radius 2 is 1.46 bits per heavy atom. The molecule has 0 aliphatic carbocycles. The SMILES string of the molecule is CCCCCCCOc1ccc(-c2cnc(-c3ccc(CC(NC(=O)c4ccc(C(C)(C)C)cc4)C(=O)NC(CC(=O)Nc4nn[nH]n4)C(=O)O)cc3)nc2)cc1. The summed E-state index contributed by atoms with van der Waals surface area (Å²) in [5, 5.41) is 30.1. The smallest absolute Gasteiger partial charge is 0.326 e. The molecule has 0 saturated carbocycles. The van der Waals surface area contributed by atoms with E-state index in [0.717, 1.165) is 34.4 Å². The first kappa shape index (κ1) is 41.6. The lowest BCUT2D eigenvalue weighted by molar-refractivity contribution is -0.143. The van der Waals surface area contributed by atoms with Gasteiger partial charge in [-0.25, -0.2) is 14.8 Å². The van der Waals surface area contributed by atoms with Crippen LogP contribution >= 0.6 is 0 Å². The van der Waals surface area contributed by atoms with Gasteiger partial charge in [-0.1, -0.05) is 107 Å². The molecule has 0 bridgehead atoms. The maximum atomic E-state index is 13.7. The van der Waals surface area contributed by atoms with Crippen molar-refractivity contribution in [2.24, 2.45) is 0 Å². The number of aromatic nitrogens is 6. The molecule has 3 amide bonds. The minimum Gasteiger partial charge on any atom is -0.494 e. The van der Waals surface area contributed by atoms with Gasteiger partial charge in [0.25, 0.3) is 11.9 Å². The van der Waals surface area contributed by atoms with Crippen LogP contribution in [0.1, 0.15) is 87.7 Å². The second-order valence-corrected chi connectivity index (χ2v) is 14.7. The van der Waals surface area contributed by atoms with Crippen LogP contribution < -0.4 is 20.7 Å². The third kappa shape index (κ3) is 12.5. The molecule has 5 aromatic rings. The number of amides is 3. The topological polar surface area (TPSA) is 214 Å². The van der Waals surface area contributed by atoms with Crippen molar-refractivity contribution in [2.75, 3.05) is 11.9 Å². The van der Waals surface area contributed by atoms with Crippen molar-refractivity contribution in [1.29, 1.82) is 0 Å². The Balaban J connectivity index is 1.26. The lowest BCUT2D eigenvalue weighted by Gasteiger charge is -2.22. The van der Waals surface area contributed by atoms with Crippen molar-refractivity contribution in [2.45, 2.75) is 90.1 Å². The fourth-order valence-corrected chi connectivity index (χ4v) is 5.91. The summed E-state index contributed by atoms with van der Waals surface area (Å²) >= 11 is 0. The zero-order chi connectivity index (χ0) is 40.8. The Morgan fingerprint density at radius 1 is 0.789 bits per heavy atom. The van der Waals surface area contributed by atoms with E-state index in [0.29, 0.717) is 23.6 Å². The van der Waals surface area contributed by atoms with E-state index < -0.39 is 42.2 Å². The molecule has 2 unspecified atom stereocenters. The molecule has 0 fully saturated rings. The first-order valence-corrected chi connectivity index (χ1v) is 19.0. The van der Waals surface area contributed by atoms with E-state index in [9.17, 15) is 24.3 Å². The molecular formula is C42H49N9O6. The van der Waals surface area contributed by atoms with Crippen LogP contribution in [0.15, 0.2) is 85.2 Å². The third-order valence-corrected chi connectivity index (χ3v) is 9.24. The van der Waals surface area contributed by atoms with Crippen LogP contribution in [0.2, 0.25) is 0 Å². The van der Waals surface area contributed by atoms with E-state index in [1.54, 1.807) is 36.7 Å². The number of nitrogens with one attached hydrogen (secondary N) is 4. The third-order valence-electron chi connectivity index (χ3n) is 9.24. The summed E-state index contributed by atoms with van der Waals surface area (Å²) in [5.41, 5.74) is 4.43. The van der Waals surface area contributed by atoms with Gasteiger partial charge in [-0.3, -0.25) is 19.7 Å². The van der Waals surface area contributed by atoms with Gasteiger partial charge >= 0.3 is 5.97 Å². The van der Waals surface area contributed by atoms with Gasteiger partial charge in [-0.05, 0) is 58.0 Å². The number of carbonyl (C=O) groups excluding carboxylic acids is 3. The molecule has 15 nitrogen and oxygen atoms in total. The number of tetrazole rings is 1. The highest BCUT2D eigenvalue weighted by Gasteiger charge is 2.29. The van der Waals surface area contributed by atoms with Crippen molar-refractivity contribution in [1.82, 2.24) is 41.2 Å². The van der Waals surface area contributed by atoms with Crippen LogP contribution in [0.5, 0.6) is 5.75 Å². The van der Waals surface area contributed by atoms with Gasteiger partial charge in [0.05, 0.1) is 13.0 Å². The molecule has 0 spiro atoms. The number of nitrogens with zero attached hydrogens (tertiary/aromatic N) is 5. The maximum absolute atomic E-state index is 13.7. The number of anilines is 1. The molecule has 2 aromatic heterocycles. The quantitative estimate of drug-likeness (QED) is 0.0622. The summed E-state index contributed by atoms with van der Waals surface area (Å²) in [6.07, 6.45) is 8.81. The standard InChI is InChI=1S/C42H49N9O6/c1-5-6-7-8-9-22-57-33-20-16-28(17-21-33)31-25-43-37(44-26-31)29-12-10-27(11-13-29)23-34(45-38(53)30-14-18-32(19-15-30)42(2,3)4)39(54)46-35(40(55)56)24-36(52)47-41-48-50-51-49-41/h10-21,25-26,34-35H,5-9,22-24H2,1-4H3,(H,45,53)(H,46,54)(H,55,56)(H2,47,48,49,50,51,52). The number of ether oxygens (including phenoxy) is 1. The lowest BCUT2D eigenvalue weighted by Crippen LogP contribution is -2.53. The van der Waals surface area contributed by atoms with Crippen LogP contribution in [0, 0.1) is 0 Å². The number of carboxylic acid groups (broad SMARTS) is 1. The molecule has 5 rings (SSSR count). The minimum atomic E-state index is -1.62. The van der Waals surface area contributed by atoms with Gasteiger partial charge in [-0.15, -0.1) is 5.10 Å². The molecule has 0 aliphatic rings. The number of hydrogen-bond acceptors (Lipinski definition) is 10. The maximum Gasteiger partial charge on any atom is 0.326 e. The first-order chi connectivity index (χ1) is 27.4. The summed E-state index contributed by atoms with van der Waals surface area (Å²) < 4.78 is 5.89. The minimum absolute atomic E-state index is 0.0116. The van der Waals surface area contributed by atoms with Crippen molar-refractivity contribution in [3.8, 4) is 28.3 Å². The van der Waals surface area contributed by atoms with E-state index >= 15 is 0 Å². The molecule has 5 N–H and O–H groups in total. The van der Waals surface area contributed by atoms with Crippen molar-refractivity contribution in [3.05, 3.63) is 102 Å². The number of hydrogen-bond donors (Lipinski definition) is 5. The van der Waals surface area contributed by atoms with E-state index in [4.69, 9.17) is 4.74 Å². The number of carbonyl (C=O) groups is 4. The average Bonchev–Trinajstić information content (AvgIpc) is 3.72. The second kappa shape index (κ2) is 19.9. The summed E-state index contributed by atoms with van der Waals surface area (Å²) in [6, 6.07) is 19.3. The number of rotatable bonds is 19. The van der Waals surface area contributed by atoms with Crippen LogP contribution in [0.3, 0.4) is 0 Å². The molecule has 3 aromatic carbocycles. The fourth-order valence-electron chi connectivity index (χ4n) is 5.91. The van der Waals surface area contributed by atoms with Gasteiger partial charge in [0, 0.05) is 35.5 Å². The fraction of sp³-hybridized carbons (Fsp3) is 0.357. The molecule has 15 heteroatoms. The highest BCUT2D eigenvalue weighted by atomic mass is 16.5. The van der Waals surface area contributed by atoms with Crippen LogP contribution in [-0.2, 0) is 26.2 Å². The Kier molecular flexibility index (Phi) is 14.5. The van der Waals surface area contributed by atoms with Gasteiger partial charge < -0.3 is 20.5 Å². The summed E-state index contributed by atoms with van der Waals surface area (Å²) in [5.74, 6) is -2.35. The van der Waals surface area contributed by atoms with E-state index in [1.165, 1.54) is 25.7 Å². The number of carboxylic acids is 1. The molecule has 0 saturated heterocycles. The van der Waals surface area contributed by atoms with Crippen molar-refractivity contribution < 1.29 is 29.0 Å². The van der Waals surface area contributed by atoms with Gasteiger partial charge in [0.15, 0.2) is 5.82 Å². The van der Waals surface area contributed by atoms with E-state index in [2.05, 4.69) is 74.2 Å². The predicted molar refractivity (Wildman–Crippen MR) is 214 cm³/mol. The molecule has 0 radical (unpaired) electrons. The van der Waals surface area contributed by atoms with E-state index in [1.807, 2.05) is 48.5 Å². The Labute approximate surface area is 331 Å². The van der Waals surface area contributed by atoms with Crippen LogP contribution in [0.4, 0.5) is 5.95 Å². The molecule has 298 valence electrons. The molecule has 0 aliphatic heterocycles. The second-order valence-electron chi connectivity index (χ2n) is 14.7.